The molecule has 2 rings (SSSR count). The largest absolute Gasteiger partial charge is 0.369 e. The predicted molar refractivity (Wildman–Crippen MR) is 91.8 cm³/mol. The van der Waals surface area contributed by atoms with E-state index in [1.807, 2.05) is 24.3 Å². The molecule has 1 aromatic heterocycles. The standard InChI is InChI=1S/C16H22N6O/c1-11(2)7-8-17-15-10-18-22-16(21-15)20-14-6-4-5-13(9-14)19-12(3)23/h4-6,9-11H,7-8H2,1-3H3,(H,19,23)(H2,17,20,21,22). The molecule has 0 saturated carbocycles. The first kappa shape index (κ1) is 16.7. The van der Waals surface area contributed by atoms with Crippen LogP contribution < -0.4 is 16.0 Å². The third kappa shape index (κ3) is 5.90. The molecule has 0 spiro atoms. The molecular formula is C16H22N6O. The number of anilines is 4. The van der Waals surface area contributed by atoms with Crippen LogP contribution >= 0.6 is 0 Å². The highest BCUT2D eigenvalue weighted by molar-refractivity contribution is 5.89. The van der Waals surface area contributed by atoms with Gasteiger partial charge in [0.25, 0.3) is 0 Å². The van der Waals surface area contributed by atoms with Gasteiger partial charge in [-0.15, -0.1) is 5.10 Å². The van der Waals surface area contributed by atoms with Crippen molar-refractivity contribution < 1.29 is 4.79 Å². The maximum absolute atomic E-state index is 11.1. The van der Waals surface area contributed by atoms with Gasteiger partial charge in [-0.25, -0.2) is 0 Å². The summed E-state index contributed by atoms with van der Waals surface area (Å²) in [4.78, 5) is 15.5. The Morgan fingerprint density at radius 2 is 2.04 bits per heavy atom. The average Bonchev–Trinajstić information content (AvgIpc) is 2.47. The SMILES string of the molecule is CC(=O)Nc1cccc(Nc2nncc(NCCC(C)C)n2)c1. The Morgan fingerprint density at radius 3 is 2.78 bits per heavy atom. The van der Waals surface area contributed by atoms with Crippen molar-refractivity contribution in [3.05, 3.63) is 30.5 Å². The molecule has 0 aliphatic carbocycles. The maximum atomic E-state index is 11.1. The molecule has 23 heavy (non-hydrogen) atoms. The Kier molecular flexibility index (Phi) is 5.85. The topological polar surface area (TPSA) is 91.8 Å². The number of benzene rings is 1. The summed E-state index contributed by atoms with van der Waals surface area (Å²) in [5.41, 5.74) is 1.49. The molecule has 1 aromatic carbocycles. The van der Waals surface area contributed by atoms with Crippen molar-refractivity contribution in [1.29, 1.82) is 0 Å². The van der Waals surface area contributed by atoms with Gasteiger partial charge in [-0.05, 0) is 30.5 Å². The lowest BCUT2D eigenvalue weighted by atomic mass is 10.1. The van der Waals surface area contributed by atoms with Gasteiger partial charge in [-0.2, -0.15) is 10.1 Å². The molecule has 0 saturated heterocycles. The molecule has 7 heteroatoms. The first-order valence-electron chi connectivity index (χ1n) is 7.61. The van der Waals surface area contributed by atoms with E-state index < -0.39 is 0 Å². The van der Waals surface area contributed by atoms with Gasteiger partial charge < -0.3 is 16.0 Å². The molecule has 0 unspecified atom stereocenters. The van der Waals surface area contributed by atoms with Crippen LogP contribution in [0.3, 0.4) is 0 Å². The summed E-state index contributed by atoms with van der Waals surface area (Å²) in [5.74, 6) is 1.60. The van der Waals surface area contributed by atoms with Crippen LogP contribution in [0.5, 0.6) is 0 Å². The van der Waals surface area contributed by atoms with Gasteiger partial charge in [0.15, 0.2) is 5.82 Å². The molecule has 122 valence electrons. The summed E-state index contributed by atoms with van der Waals surface area (Å²) in [6, 6.07) is 7.33. The summed E-state index contributed by atoms with van der Waals surface area (Å²) < 4.78 is 0. The van der Waals surface area contributed by atoms with Crippen LogP contribution in [0, 0.1) is 5.92 Å². The lowest BCUT2D eigenvalue weighted by Gasteiger charge is -2.09. The van der Waals surface area contributed by atoms with Crippen LogP contribution in [0.4, 0.5) is 23.1 Å². The normalized spacial score (nSPS) is 10.4. The van der Waals surface area contributed by atoms with E-state index in [2.05, 4.69) is 45.0 Å². The van der Waals surface area contributed by atoms with Crippen molar-refractivity contribution in [2.24, 2.45) is 5.92 Å². The zero-order chi connectivity index (χ0) is 16.7. The summed E-state index contributed by atoms with van der Waals surface area (Å²) in [7, 11) is 0. The van der Waals surface area contributed by atoms with Gasteiger partial charge in [-0.1, -0.05) is 19.9 Å². The van der Waals surface area contributed by atoms with Crippen LogP contribution in [0.25, 0.3) is 0 Å². The molecule has 0 aliphatic rings. The average molecular weight is 314 g/mol. The lowest BCUT2D eigenvalue weighted by molar-refractivity contribution is -0.114. The minimum Gasteiger partial charge on any atom is -0.369 e. The lowest BCUT2D eigenvalue weighted by Crippen LogP contribution is -2.09. The van der Waals surface area contributed by atoms with Crippen molar-refractivity contribution in [2.45, 2.75) is 27.2 Å². The Bertz CT molecular complexity index is 659. The van der Waals surface area contributed by atoms with E-state index in [1.165, 1.54) is 6.92 Å². The summed E-state index contributed by atoms with van der Waals surface area (Å²) in [6.07, 6.45) is 2.66. The van der Waals surface area contributed by atoms with E-state index in [9.17, 15) is 4.79 Å². The fraction of sp³-hybridized carbons (Fsp3) is 0.375. The molecule has 2 aromatic rings. The summed E-state index contributed by atoms with van der Waals surface area (Å²) >= 11 is 0. The second-order valence-corrected chi connectivity index (χ2v) is 5.66. The Labute approximate surface area is 135 Å². The van der Waals surface area contributed by atoms with Crippen LogP contribution in [-0.2, 0) is 4.79 Å². The van der Waals surface area contributed by atoms with E-state index >= 15 is 0 Å². The fourth-order valence-corrected chi connectivity index (χ4v) is 1.94. The maximum Gasteiger partial charge on any atom is 0.249 e. The number of nitrogens with zero attached hydrogens (tertiary/aromatic N) is 3. The fourth-order valence-electron chi connectivity index (χ4n) is 1.94. The third-order valence-electron chi connectivity index (χ3n) is 3.03. The second-order valence-electron chi connectivity index (χ2n) is 5.66. The number of rotatable bonds is 7. The van der Waals surface area contributed by atoms with Gasteiger partial charge in [0.2, 0.25) is 11.9 Å². The number of hydrogen-bond donors (Lipinski definition) is 3. The minimum atomic E-state index is -0.114. The van der Waals surface area contributed by atoms with Crippen LogP contribution in [0.2, 0.25) is 0 Å². The highest BCUT2D eigenvalue weighted by Gasteiger charge is 2.03. The van der Waals surface area contributed by atoms with Crippen LogP contribution in [0.1, 0.15) is 27.2 Å². The van der Waals surface area contributed by atoms with Gasteiger partial charge in [0.05, 0.1) is 6.20 Å². The Hall–Kier alpha value is -2.70. The molecule has 1 amide bonds. The number of hydrogen-bond acceptors (Lipinski definition) is 6. The number of amides is 1. The highest BCUT2D eigenvalue weighted by atomic mass is 16.1. The molecule has 0 atom stereocenters. The number of nitrogens with one attached hydrogen (secondary N) is 3. The molecule has 0 fully saturated rings. The van der Waals surface area contributed by atoms with E-state index in [0.717, 1.165) is 18.7 Å². The van der Waals surface area contributed by atoms with Crippen molar-refractivity contribution in [3.63, 3.8) is 0 Å². The van der Waals surface area contributed by atoms with Crippen molar-refractivity contribution in [2.75, 3.05) is 22.5 Å². The molecular weight excluding hydrogens is 292 g/mol. The van der Waals surface area contributed by atoms with Crippen molar-refractivity contribution >= 4 is 29.0 Å². The number of carbonyl (C=O) groups excluding carboxylic acids is 1. The molecule has 1 heterocycles. The summed E-state index contributed by atoms with van der Waals surface area (Å²) in [6.45, 7) is 6.66. The smallest absolute Gasteiger partial charge is 0.249 e. The second kappa shape index (κ2) is 8.07. The minimum absolute atomic E-state index is 0.114. The van der Waals surface area contributed by atoms with Gasteiger partial charge >= 0.3 is 0 Å². The van der Waals surface area contributed by atoms with E-state index in [0.29, 0.717) is 23.4 Å². The van der Waals surface area contributed by atoms with Crippen molar-refractivity contribution in [3.8, 4) is 0 Å². The molecule has 0 bridgehead atoms. The predicted octanol–water partition coefficient (Wildman–Crippen LogP) is 3.03. The van der Waals surface area contributed by atoms with Crippen LogP contribution in [0.15, 0.2) is 30.5 Å². The third-order valence-corrected chi connectivity index (χ3v) is 3.03. The number of aromatic nitrogens is 3. The van der Waals surface area contributed by atoms with E-state index in [4.69, 9.17) is 0 Å². The number of carbonyl (C=O) groups is 1. The zero-order valence-corrected chi connectivity index (χ0v) is 13.6. The van der Waals surface area contributed by atoms with Gasteiger partial charge in [0.1, 0.15) is 0 Å². The highest BCUT2D eigenvalue weighted by Crippen LogP contribution is 2.18. The molecule has 0 aliphatic heterocycles. The molecule has 7 nitrogen and oxygen atoms in total. The molecule has 3 N–H and O–H groups in total. The van der Waals surface area contributed by atoms with E-state index in [1.54, 1.807) is 6.20 Å². The first-order chi connectivity index (χ1) is 11.0. The van der Waals surface area contributed by atoms with Gasteiger partial charge in [-0.3, -0.25) is 4.79 Å². The first-order valence-corrected chi connectivity index (χ1v) is 7.61. The van der Waals surface area contributed by atoms with E-state index in [-0.39, 0.29) is 5.91 Å². The van der Waals surface area contributed by atoms with Crippen LogP contribution in [-0.4, -0.2) is 27.6 Å². The van der Waals surface area contributed by atoms with Gasteiger partial charge in [0, 0.05) is 24.8 Å². The summed E-state index contributed by atoms with van der Waals surface area (Å²) in [5, 5.41) is 17.0. The molecule has 0 radical (unpaired) electrons. The quantitative estimate of drug-likeness (QED) is 0.727. The zero-order valence-electron chi connectivity index (χ0n) is 13.6. The monoisotopic (exact) mass is 314 g/mol. The van der Waals surface area contributed by atoms with Crippen molar-refractivity contribution in [1.82, 2.24) is 15.2 Å². The Balaban J connectivity index is 2.01. The Morgan fingerprint density at radius 1 is 1.26 bits per heavy atom.